The first-order chi connectivity index (χ1) is 15.1. The zero-order chi connectivity index (χ0) is 21.8. The van der Waals surface area contributed by atoms with Gasteiger partial charge >= 0.3 is 0 Å². The lowest BCUT2D eigenvalue weighted by Crippen LogP contribution is -2.18. The van der Waals surface area contributed by atoms with E-state index in [9.17, 15) is 9.90 Å². The van der Waals surface area contributed by atoms with Crippen LogP contribution in [0.15, 0.2) is 59.1 Å². The first-order valence-corrected chi connectivity index (χ1v) is 9.42. The predicted molar refractivity (Wildman–Crippen MR) is 114 cm³/mol. The minimum atomic E-state index is -0.297. The normalized spacial score (nSPS) is 10.6. The van der Waals surface area contributed by atoms with E-state index in [1.54, 1.807) is 48.5 Å². The third-order valence-electron chi connectivity index (χ3n) is 4.52. The van der Waals surface area contributed by atoms with E-state index in [4.69, 9.17) is 13.9 Å². The molecule has 9 heteroatoms. The number of fused-ring (bicyclic) bond motifs is 1. The summed E-state index contributed by atoms with van der Waals surface area (Å²) in [4.78, 5) is 20.1. The molecule has 0 spiro atoms. The number of amides is 1. The molecule has 2 aromatic carbocycles. The summed E-state index contributed by atoms with van der Waals surface area (Å²) < 4.78 is 16.7. The van der Waals surface area contributed by atoms with Crippen molar-refractivity contribution in [2.24, 2.45) is 0 Å². The average Bonchev–Trinajstić information content (AvgIpc) is 3.20. The SMILES string of the molecule is CNC(=O)c1cc(Oc2ccc3nc(NCc4cccc(OC)c4O)oc3c2)ccn1. The van der Waals surface area contributed by atoms with Gasteiger partial charge in [-0.2, -0.15) is 4.98 Å². The fourth-order valence-electron chi connectivity index (χ4n) is 2.95. The van der Waals surface area contributed by atoms with E-state index in [0.717, 1.165) is 0 Å². The van der Waals surface area contributed by atoms with Gasteiger partial charge in [0.2, 0.25) is 0 Å². The van der Waals surface area contributed by atoms with Crippen molar-refractivity contribution in [2.45, 2.75) is 6.54 Å². The van der Waals surface area contributed by atoms with Crippen LogP contribution in [0.25, 0.3) is 11.1 Å². The molecular weight excluding hydrogens is 400 g/mol. The third-order valence-corrected chi connectivity index (χ3v) is 4.52. The van der Waals surface area contributed by atoms with Crippen LogP contribution in [0.4, 0.5) is 6.01 Å². The number of hydrogen-bond donors (Lipinski definition) is 3. The van der Waals surface area contributed by atoms with Gasteiger partial charge in [-0.25, -0.2) is 0 Å². The molecule has 2 aromatic heterocycles. The number of methoxy groups -OCH3 is 1. The third kappa shape index (κ3) is 4.35. The molecule has 0 fully saturated rings. The first kappa shape index (κ1) is 20.0. The Morgan fingerprint density at radius 1 is 1.16 bits per heavy atom. The monoisotopic (exact) mass is 420 g/mol. The summed E-state index contributed by atoms with van der Waals surface area (Å²) in [7, 11) is 3.04. The standard InChI is InChI=1S/C22H20N4O5/c1-23-21(28)17-10-15(8-9-24-17)30-14-6-7-16-19(11-14)31-22(26-16)25-12-13-4-3-5-18(29-2)20(13)27/h3-11,27H,12H2,1-2H3,(H,23,28)(H,25,26). The number of nitrogens with zero attached hydrogens (tertiary/aromatic N) is 2. The Bertz CT molecular complexity index is 1240. The second-order valence-electron chi connectivity index (χ2n) is 6.53. The van der Waals surface area contributed by atoms with E-state index in [1.807, 2.05) is 0 Å². The molecule has 9 nitrogen and oxygen atoms in total. The molecule has 0 saturated carbocycles. The summed E-state index contributed by atoms with van der Waals surface area (Å²) in [5.41, 5.74) is 2.07. The number of carbonyl (C=O) groups is 1. The van der Waals surface area contributed by atoms with E-state index in [1.165, 1.54) is 20.4 Å². The van der Waals surface area contributed by atoms with E-state index >= 15 is 0 Å². The zero-order valence-corrected chi connectivity index (χ0v) is 16.9. The van der Waals surface area contributed by atoms with Crippen molar-refractivity contribution in [1.29, 1.82) is 0 Å². The van der Waals surface area contributed by atoms with Crippen LogP contribution in [0.1, 0.15) is 16.1 Å². The number of aromatic nitrogens is 2. The number of para-hydroxylation sites is 1. The van der Waals surface area contributed by atoms with E-state index in [-0.39, 0.29) is 17.4 Å². The van der Waals surface area contributed by atoms with Gasteiger partial charge in [-0.1, -0.05) is 12.1 Å². The second-order valence-corrected chi connectivity index (χ2v) is 6.53. The topological polar surface area (TPSA) is 119 Å². The maximum atomic E-state index is 11.7. The minimum absolute atomic E-state index is 0.0674. The van der Waals surface area contributed by atoms with Gasteiger partial charge in [0.15, 0.2) is 17.1 Å². The fourth-order valence-corrected chi connectivity index (χ4v) is 2.95. The molecule has 0 aliphatic carbocycles. The highest BCUT2D eigenvalue weighted by molar-refractivity contribution is 5.92. The molecule has 0 saturated heterocycles. The second kappa shape index (κ2) is 8.62. The van der Waals surface area contributed by atoms with Gasteiger partial charge in [-0.05, 0) is 24.3 Å². The van der Waals surface area contributed by atoms with Crippen LogP contribution >= 0.6 is 0 Å². The summed E-state index contributed by atoms with van der Waals surface area (Å²) in [6, 6.07) is 14.0. The Hall–Kier alpha value is -4.27. The van der Waals surface area contributed by atoms with Gasteiger partial charge in [-0.15, -0.1) is 0 Å². The van der Waals surface area contributed by atoms with Crippen molar-refractivity contribution in [2.75, 3.05) is 19.5 Å². The number of aromatic hydroxyl groups is 1. The Kier molecular flexibility index (Phi) is 5.57. The molecule has 158 valence electrons. The molecule has 4 aromatic rings. The van der Waals surface area contributed by atoms with Crippen LogP contribution in [0.5, 0.6) is 23.0 Å². The van der Waals surface area contributed by atoms with Crippen molar-refractivity contribution in [3.05, 3.63) is 66.0 Å². The van der Waals surface area contributed by atoms with Gasteiger partial charge in [0.1, 0.15) is 22.7 Å². The smallest absolute Gasteiger partial charge is 0.295 e. The van der Waals surface area contributed by atoms with Gasteiger partial charge in [0, 0.05) is 37.5 Å². The molecule has 4 rings (SSSR count). The van der Waals surface area contributed by atoms with Crippen LogP contribution in [0.2, 0.25) is 0 Å². The molecule has 3 N–H and O–H groups in total. The molecule has 31 heavy (non-hydrogen) atoms. The summed E-state index contributed by atoms with van der Waals surface area (Å²) in [5, 5.41) is 15.8. The number of carbonyl (C=O) groups excluding carboxylic acids is 1. The van der Waals surface area contributed by atoms with E-state index < -0.39 is 0 Å². The highest BCUT2D eigenvalue weighted by Crippen LogP contribution is 2.31. The maximum Gasteiger partial charge on any atom is 0.295 e. The number of phenolic OH excluding ortho intramolecular Hbond substituents is 1. The molecule has 1 amide bonds. The summed E-state index contributed by atoms with van der Waals surface area (Å²) in [6.45, 7) is 0.304. The molecule has 0 aliphatic rings. The maximum absolute atomic E-state index is 11.7. The Labute approximate surface area is 177 Å². The van der Waals surface area contributed by atoms with Gasteiger partial charge in [0.25, 0.3) is 11.9 Å². The molecule has 2 heterocycles. The Morgan fingerprint density at radius 2 is 2.00 bits per heavy atom. The largest absolute Gasteiger partial charge is 0.504 e. The molecule has 0 atom stereocenters. The molecule has 0 bridgehead atoms. The van der Waals surface area contributed by atoms with Crippen LogP contribution in [-0.4, -0.2) is 35.1 Å². The minimum Gasteiger partial charge on any atom is -0.504 e. The number of rotatable bonds is 7. The van der Waals surface area contributed by atoms with Gasteiger partial charge in [-0.3, -0.25) is 9.78 Å². The lowest BCUT2D eigenvalue weighted by atomic mass is 10.2. The number of hydrogen-bond acceptors (Lipinski definition) is 8. The lowest BCUT2D eigenvalue weighted by molar-refractivity contribution is 0.0958. The Balaban J connectivity index is 1.49. The average molecular weight is 420 g/mol. The number of nitrogens with one attached hydrogen (secondary N) is 2. The quantitative estimate of drug-likeness (QED) is 0.414. The first-order valence-electron chi connectivity index (χ1n) is 9.42. The van der Waals surface area contributed by atoms with Crippen molar-refractivity contribution in [3.8, 4) is 23.0 Å². The van der Waals surface area contributed by atoms with Gasteiger partial charge < -0.3 is 29.6 Å². The van der Waals surface area contributed by atoms with Gasteiger partial charge in [0.05, 0.1) is 7.11 Å². The van der Waals surface area contributed by atoms with E-state index in [0.29, 0.717) is 46.5 Å². The molecule has 0 radical (unpaired) electrons. The number of oxazole rings is 1. The summed E-state index contributed by atoms with van der Waals surface area (Å²) in [5.74, 6) is 1.16. The summed E-state index contributed by atoms with van der Waals surface area (Å²) >= 11 is 0. The van der Waals surface area contributed by atoms with Crippen LogP contribution < -0.4 is 20.1 Å². The van der Waals surface area contributed by atoms with Crippen LogP contribution in [0.3, 0.4) is 0 Å². The lowest BCUT2D eigenvalue weighted by Gasteiger charge is -2.08. The number of pyridine rings is 1. The number of anilines is 1. The summed E-state index contributed by atoms with van der Waals surface area (Å²) in [6.07, 6.45) is 1.50. The molecular formula is C22H20N4O5. The Morgan fingerprint density at radius 3 is 2.81 bits per heavy atom. The van der Waals surface area contributed by atoms with Crippen molar-refractivity contribution in [3.63, 3.8) is 0 Å². The highest BCUT2D eigenvalue weighted by atomic mass is 16.5. The van der Waals surface area contributed by atoms with Crippen molar-refractivity contribution in [1.82, 2.24) is 15.3 Å². The number of ether oxygens (including phenoxy) is 2. The van der Waals surface area contributed by atoms with Crippen LogP contribution in [0, 0.1) is 0 Å². The number of benzene rings is 2. The highest BCUT2D eigenvalue weighted by Gasteiger charge is 2.11. The molecule has 0 unspecified atom stereocenters. The predicted octanol–water partition coefficient (Wildman–Crippen LogP) is 3.70. The van der Waals surface area contributed by atoms with Crippen molar-refractivity contribution < 1.29 is 23.8 Å². The fraction of sp³-hybridized carbons (Fsp3) is 0.136. The van der Waals surface area contributed by atoms with E-state index in [2.05, 4.69) is 20.6 Å². The number of phenols is 1. The van der Waals surface area contributed by atoms with Crippen molar-refractivity contribution >= 4 is 23.0 Å². The molecule has 0 aliphatic heterocycles. The zero-order valence-electron chi connectivity index (χ0n) is 16.9. The van der Waals surface area contributed by atoms with Crippen LogP contribution in [-0.2, 0) is 6.54 Å².